The molecule has 0 spiro atoms. The summed E-state index contributed by atoms with van der Waals surface area (Å²) >= 11 is 3.44. The van der Waals surface area contributed by atoms with Crippen LogP contribution in [0.5, 0.6) is 0 Å². The Morgan fingerprint density at radius 1 is 1.22 bits per heavy atom. The number of hydrogen-bond acceptors (Lipinski definition) is 3. The predicted molar refractivity (Wildman–Crippen MR) is 88.2 cm³/mol. The van der Waals surface area contributed by atoms with Crippen molar-refractivity contribution >= 4 is 27.8 Å². The molecule has 1 aromatic carbocycles. The molecule has 5 nitrogen and oxygen atoms in total. The van der Waals surface area contributed by atoms with Gasteiger partial charge in [-0.05, 0) is 43.4 Å². The Labute approximate surface area is 143 Å². The Balaban J connectivity index is 1.70. The molecule has 1 heterocycles. The molecule has 1 aliphatic heterocycles. The smallest absolute Gasteiger partial charge is 0.311 e. The molecule has 0 atom stereocenters. The van der Waals surface area contributed by atoms with Crippen LogP contribution in [0, 0.1) is 5.41 Å². The number of amides is 1. The Bertz CT molecular complexity index is 621. The van der Waals surface area contributed by atoms with Crippen molar-refractivity contribution in [3.8, 4) is 0 Å². The minimum Gasteiger partial charge on any atom is -0.481 e. The molecule has 2 N–H and O–H groups in total. The van der Waals surface area contributed by atoms with E-state index in [0.29, 0.717) is 26.1 Å². The van der Waals surface area contributed by atoms with Crippen LogP contribution in [0.15, 0.2) is 28.7 Å². The third-order valence-electron chi connectivity index (χ3n) is 5.05. The van der Waals surface area contributed by atoms with Crippen LogP contribution < -0.4 is 5.32 Å². The van der Waals surface area contributed by atoms with Crippen molar-refractivity contribution in [2.75, 3.05) is 19.8 Å². The Kier molecular flexibility index (Phi) is 4.47. The summed E-state index contributed by atoms with van der Waals surface area (Å²) in [7, 11) is 0. The third-order valence-corrected chi connectivity index (χ3v) is 5.55. The topological polar surface area (TPSA) is 75.6 Å². The Morgan fingerprint density at radius 2 is 1.91 bits per heavy atom. The molecule has 6 heteroatoms. The van der Waals surface area contributed by atoms with Crippen molar-refractivity contribution in [1.82, 2.24) is 5.32 Å². The van der Waals surface area contributed by atoms with Gasteiger partial charge in [0.25, 0.3) is 0 Å². The fourth-order valence-corrected chi connectivity index (χ4v) is 3.60. The first-order chi connectivity index (χ1) is 11.0. The number of benzene rings is 1. The summed E-state index contributed by atoms with van der Waals surface area (Å²) in [6, 6.07) is 7.77. The lowest BCUT2D eigenvalue weighted by molar-refractivity contribution is -0.154. The summed E-state index contributed by atoms with van der Waals surface area (Å²) in [4.78, 5) is 24.4. The molecule has 1 saturated carbocycles. The number of rotatable bonds is 5. The highest BCUT2D eigenvalue weighted by atomic mass is 79.9. The second-order valence-electron chi connectivity index (χ2n) is 6.47. The van der Waals surface area contributed by atoms with Gasteiger partial charge in [-0.2, -0.15) is 0 Å². The summed E-state index contributed by atoms with van der Waals surface area (Å²) in [6.07, 6.45) is 2.48. The summed E-state index contributed by atoms with van der Waals surface area (Å²) in [5.74, 6) is -0.920. The van der Waals surface area contributed by atoms with Crippen LogP contribution in [-0.2, 0) is 19.7 Å². The minimum atomic E-state index is -0.902. The van der Waals surface area contributed by atoms with Gasteiger partial charge < -0.3 is 15.2 Å². The number of carboxylic acid groups (broad SMARTS) is 1. The van der Waals surface area contributed by atoms with Gasteiger partial charge in [0.1, 0.15) is 0 Å². The highest BCUT2D eigenvalue weighted by Crippen LogP contribution is 2.49. The maximum absolute atomic E-state index is 12.7. The lowest BCUT2D eigenvalue weighted by Crippen LogP contribution is -2.48. The second kappa shape index (κ2) is 6.24. The molecule has 2 aliphatic rings. The maximum atomic E-state index is 12.7. The van der Waals surface area contributed by atoms with E-state index in [1.165, 1.54) is 0 Å². The highest BCUT2D eigenvalue weighted by molar-refractivity contribution is 9.10. The maximum Gasteiger partial charge on any atom is 0.311 e. The normalized spacial score (nSPS) is 21.4. The molecule has 0 aromatic heterocycles. The largest absolute Gasteiger partial charge is 0.481 e. The van der Waals surface area contributed by atoms with Gasteiger partial charge in [-0.1, -0.05) is 28.1 Å². The van der Waals surface area contributed by atoms with E-state index >= 15 is 0 Å². The van der Waals surface area contributed by atoms with Crippen molar-refractivity contribution in [3.63, 3.8) is 0 Å². The fourth-order valence-electron chi connectivity index (χ4n) is 3.21. The van der Waals surface area contributed by atoms with Crippen LogP contribution in [-0.4, -0.2) is 36.7 Å². The number of aliphatic carboxylic acids is 1. The van der Waals surface area contributed by atoms with Crippen molar-refractivity contribution in [2.45, 2.75) is 31.1 Å². The monoisotopic (exact) mass is 381 g/mol. The summed E-state index contributed by atoms with van der Waals surface area (Å²) in [6.45, 7) is 1.03. The van der Waals surface area contributed by atoms with Gasteiger partial charge in [0, 0.05) is 24.2 Å². The van der Waals surface area contributed by atoms with Crippen LogP contribution in [0.25, 0.3) is 0 Å². The van der Waals surface area contributed by atoms with Crippen molar-refractivity contribution in [2.24, 2.45) is 5.41 Å². The van der Waals surface area contributed by atoms with Gasteiger partial charge in [-0.25, -0.2) is 0 Å². The van der Waals surface area contributed by atoms with Crippen molar-refractivity contribution < 1.29 is 19.4 Å². The Hall–Kier alpha value is -1.40. The van der Waals surface area contributed by atoms with Gasteiger partial charge in [-0.3, -0.25) is 9.59 Å². The number of halogens is 1. The molecule has 0 bridgehead atoms. The van der Waals surface area contributed by atoms with Crippen LogP contribution in [0.1, 0.15) is 31.2 Å². The Morgan fingerprint density at radius 3 is 2.48 bits per heavy atom. The number of carbonyl (C=O) groups excluding carboxylic acids is 1. The lowest BCUT2D eigenvalue weighted by atomic mass is 9.80. The SMILES string of the molecule is O=C(O)C1(CNC(=O)C2(c3cccc(Br)c3)CC2)CCOCC1. The van der Waals surface area contributed by atoms with E-state index in [2.05, 4.69) is 21.2 Å². The molecule has 23 heavy (non-hydrogen) atoms. The van der Waals surface area contributed by atoms with Gasteiger partial charge >= 0.3 is 5.97 Å². The number of ether oxygens (including phenoxy) is 1. The highest BCUT2D eigenvalue weighted by Gasteiger charge is 2.52. The average Bonchev–Trinajstić information content (AvgIpc) is 3.35. The number of carbonyl (C=O) groups is 2. The average molecular weight is 382 g/mol. The first-order valence-electron chi connectivity index (χ1n) is 7.84. The quantitative estimate of drug-likeness (QED) is 0.821. The summed E-state index contributed by atoms with van der Waals surface area (Å²) in [5, 5.41) is 12.5. The van der Waals surface area contributed by atoms with Gasteiger partial charge in [-0.15, -0.1) is 0 Å². The summed E-state index contributed by atoms with van der Waals surface area (Å²) < 4.78 is 6.21. The minimum absolute atomic E-state index is 0.0669. The predicted octanol–water partition coefficient (Wildman–Crippen LogP) is 2.48. The van der Waals surface area contributed by atoms with E-state index in [1.54, 1.807) is 0 Å². The number of hydrogen-bond donors (Lipinski definition) is 2. The van der Waals surface area contributed by atoms with E-state index in [4.69, 9.17) is 4.74 Å². The van der Waals surface area contributed by atoms with Crippen molar-refractivity contribution in [1.29, 1.82) is 0 Å². The molecular weight excluding hydrogens is 362 g/mol. The van der Waals surface area contributed by atoms with Gasteiger partial charge in [0.2, 0.25) is 5.91 Å². The molecule has 0 unspecified atom stereocenters. The molecule has 0 radical (unpaired) electrons. The van der Waals surface area contributed by atoms with E-state index in [9.17, 15) is 14.7 Å². The molecule has 3 rings (SSSR count). The molecule has 2 fully saturated rings. The molecule has 1 saturated heterocycles. The van der Waals surface area contributed by atoms with E-state index in [1.807, 2.05) is 24.3 Å². The molecule has 1 amide bonds. The van der Waals surface area contributed by atoms with E-state index in [0.717, 1.165) is 22.9 Å². The number of carboxylic acids is 1. The molecular formula is C17H20BrNO4. The molecule has 1 aromatic rings. The standard InChI is InChI=1S/C17H20BrNO4/c18-13-3-1-2-12(10-13)17(4-5-17)14(20)19-11-16(15(21)22)6-8-23-9-7-16/h1-3,10H,4-9,11H2,(H,19,20)(H,21,22). The zero-order valence-corrected chi connectivity index (χ0v) is 14.4. The summed E-state index contributed by atoms with van der Waals surface area (Å²) in [5.41, 5.74) is -0.406. The van der Waals surface area contributed by atoms with E-state index < -0.39 is 16.8 Å². The zero-order valence-electron chi connectivity index (χ0n) is 12.8. The second-order valence-corrected chi connectivity index (χ2v) is 7.39. The van der Waals surface area contributed by atoms with Crippen LogP contribution in [0.3, 0.4) is 0 Å². The first kappa shape index (κ1) is 16.5. The van der Waals surface area contributed by atoms with Gasteiger partial charge in [0.05, 0.1) is 10.8 Å². The van der Waals surface area contributed by atoms with Crippen LogP contribution in [0.4, 0.5) is 0 Å². The molecule has 124 valence electrons. The van der Waals surface area contributed by atoms with Gasteiger partial charge in [0.15, 0.2) is 0 Å². The molecule has 1 aliphatic carbocycles. The third kappa shape index (κ3) is 3.15. The number of nitrogens with one attached hydrogen (secondary N) is 1. The first-order valence-corrected chi connectivity index (χ1v) is 8.63. The lowest BCUT2D eigenvalue weighted by Gasteiger charge is -2.33. The fraction of sp³-hybridized carbons (Fsp3) is 0.529. The van der Waals surface area contributed by atoms with Crippen molar-refractivity contribution in [3.05, 3.63) is 34.3 Å². The van der Waals surface area contributed by atoms with E-state index in [-0.39, 0.29) is 12.5 Å². The zero-order chi connectivity index (χ0) is 16.5. The van der Waals surface area contributed by atoms with Crippen LogP contribution in [0.2, 0.25) is 0 Å². The van der Waals surface area contributed by atoms with Crippen LogP contribution >= 0.6 is 15.9 Å².